The van der Waals surface area contributed by atoms with Crippen LogP contribution in [0.1, 0.15) is 27.2 Å². The molecule has 1 fully saturated rings. The molecule has 116 valence electrons. The summed E-state index contributed by atoms with van der Waals surface area (Å²) in [7, 11) is 0. The van der Waals surface area contributed by atoms with Gasteiger partial charge in [-0.2, -0.15) is 13.2 Å². The molecule has 0 spiro atoms. The molecular weight excluding hydrogens is 277 g/mol. The SMILES string of the molecule is CC(C)(C)C(N)C(=O)N1C[C@H](C(F)(F)F)C[C@H]1C(=O)O. The molecule has 0 aromatic carbocycles. The number of amides is 1. The van der Waals surface area contributed by atoms with E-state index in [2.05, 4.69) is 0 Å². The maximum Gasteiger partial charge on any atom is 0.393 e. The molecular formula is C12H19F3N2O3. The van der Waals surface area contributed by atoms with Crippen molar-refractivity contribution in [2.24, 2.45) is 17.1 Å². The summed E-state index contributed by atoms with van der Waals surface area (Å²) >= 11 is 0. The van der Waals surface area contributed by atoms with Crippen LogP contribution >= 0.6 is 0 Å². The van der Waals surface area contributed by atoms with Gasteiger partial charge in [-0.05, 0) is 11.8 Å². The first-order valence-corrected chi connectivity index (χ1v) is 6.21. The Hall–Kier alpha value is -1.31. The molecule has 3 N–H and O–H groups in total. The monoisotopic (exact) mass is 296 g/mol. The van der Waals surface area contributed by atoms with Crippen LogP contribution in [0.25, 0.3) is 0 Å². The highest BCUT2D eigenvalue weighted by Crippen LogP contribution is 2.37. The molecule has 20 heavy (non-hydrogen) atoms. The number of rotatable bonds is 2. The van der Waals surface area contributed by atoms with Crippen LogP contribution in [0.5, 0.6) is 0 Å². The number of hydrogen-bond donors (Lipinski definition) is 2. The molecule has 0 radical (unpaired) electrons. The minimum atomic E-state index is -4.52. The Kier molecular flexibility index (Phi) is 4.38. The molecule has 0 saturated carbocycles. The van der Waals surface area contributed by atoms with Crippen molar-refractivity contribution in [2.75, 3.05) is 6.54 Å². The van der Waals surface area contributed by atoms with Crippen molar-refractivity contribution in [2.45, 2.75) is 45.5 Å². The first-order chi connectivity index (χ1) is 8.85. The van der Waals surface area contributed by atoms with Crippen molar-refractivity contribution in [3.05, 3.63) is 0 Å². The summed E-state index contributed by atoms with van der Waals surface area (Å²) in [6, 6.07) is -2.51. The normalized spacial score (nSPS) is 25.6. The minimum absolute atomic E-state index is 0.624. The van der Waals surface area contributed by atoms with Crippen LogP contribution in [0.15, 0.2) is 0 Å². The first-order valence-electron chi connectivity index (χ1n) is 6.21. The Labute approximate surface area is 114 Å². The van der Waals surface area contributed by atoms with Crippen molar-refractivity contribution < 1.29 is 27.9 Å². The fourth-order valence-electron chi connectivity index (χ4n) is 2.10. The van der Waals surface area contributed by atoms with Crippen molar-refractivity contribution in [1.82, 2.24) is 4.90 Å². The number of carbonyl (C=O) groups is 2. The molecule has 0 aromatic heterocycles. The second-order valence-corrected chi connectivity index (χ2v) is 6.16. The van der Waals surface area contributed by atoms with E-state index >= 15 is 0 Å². The van der Waals surface area contributed by atoms with Crippen molar-refractivity contribution in [3.8, 4) is 0 Å². The number of carboxylic acid groups (broad SMARTS) is 1. The number of carboxylic acids is 1. The third-order valence-corrected chi connectivity index (χ3v) is 3.53. The number of alkyl halides is 3. The van der Waals surface area contributed by atoms with Gasteiger partial charge in [0.05, 0.1) is 12.0 Å². The van der Waals surface area contributed by atoms with Crippen LogP contribution < -0.4 is 5.73 Å². The van der Waals surface area contributed by atoms with Crippen molar-refractivity contribution >= 4 is 11.9 Å². The second kappa shape index (κ2) is 5.23. The molecule has 1 rings (SSSR count). The third-order valence-electron chi connectivity index (χ3n) is 3.53. The van der Waals surface area contributed by atoms with Crippen LogP contribution in [-0.4, -0.2) is 46.7 Å². The molecule has 1 aliphatic rings. The number of hydrogen-bond acceptors (Lipinski definition) is 3. The van der Waals surface area contributed by atoms with Gasteiger partial charge in [-0.15, -0.1) is 0 Å². The van der Waals surface area contributed by atoms with Crippen LogP contribution in [0, 0.1) is 11.3 Å². The lowest BCUT2D eigenvalue weighted by atomic mass is 9.86. The lowest BCUT2D eigenvalue weighted by Gasteiger charge is -2.31. The Balaban J connectivity index is 2.97. The maximum absolute atomic E-state index is 12.7. The quantitative estimate of drug-likeness (QED) is 0.802. The van der Waals surface area contributed by atoms with Gasteiger partial charge in [0.15, 0.2) is 0 Å². The van der Waals surface area contributed by atoms with E-state index in [4.69, 9.17) is 10.8 Å². The highest BCUT2D eigenvalue weighted by Gasteiger charge is 2.52. The number of likely N-dealkylation sites (tertiary alicyclic amines) is 1. The van der Waals surface area contributed by atoms with E-state index in [-0.39, 0.29) is 0 Å². The zero-order chi connectivity index (χ0) is 15.9. The third kappa shape index (κ3) is 3.41. The molecule has 1 heterocycles. The predicted octanol–water partition coefficient (Wildman–Crippen LogP) is 1.22. The van der Waals surface area contributed by atoms with Gasteiger partial charge >= 0.3 is 12.1 Å². The molecule has 5 nitrogen and oxygen atoms in total. The Morgan fingerprint density at radius 3 is 2.15 bits per heavy atom. The summed E-state index contributed by atoms with van der Waals surface area (Å²) in [5.74, 6) is -4.01. The molecule has 3 atom stereocenters. The zero-order valence-corrected chi connectivity index (χ0v) is 11.6. The molecule has 1 aliphatic heterocycles. The van der Waals surface area contributed by atoms with Gasteiger partial charge in [0.1, 0.15) is 6.04 Å². The summed E-state index contributed by atoms with van der Waals surface area (Å²) in [4.78, 5) is 24.0. The lowest BCUT2D eigenvalue weighted by molar-refractivity contribution is -0.171. The van der Waals surface area contributed by atoms with Crippen molar-refractivity contribution in [1.29, 1.82) is 0 Å². The molecule has 0 aromatic rings. The standard InChI is InChI=1S/C12H19F3N2O3/c1-11(2,3)8(16)9(18)17-5-6(12(13,14)15)4-7(17)10(19)20/h6-8H,4-5,16H2,1-3H3,(H,19,20)/t6-,7+,8?/m1/s1. The molecule has 0 aliphatic carbocycles. The van der Waals surface area contributed by atoms with E-state index in [0.29, 0.717) is 0 Å². The van der Waals surface area contributed by atoms with Gasteiger partial charge in [-0.25, -0.2) is 4.79 Å². The fraction of sp³-hybridized carbons (Fsp3) is 0.833. The van der Waals surface area contributed by atoms with Gasteiger partial charge in [0.25, 0.3) is 0 Å². The van der Waals surface area contributed by atoms with E-state index in [1.54, 1.807) is 20.8 Å². The fourth-order valence-corrected chi connectivity index (χ4v) is 2.10. The molecule has 1 unspecified atom stereocenters. The Morgan fingerprint density at radius 1 is 1.30 bits per heavy atom. The summed E-state index contributed by atoms with van der Waals surface area (Å²) in [5, 5.41) is 9.00. The van der Waals surface area contributed by atoms with Gasteiger partial charge in [-0.3, -0.25) is 4.79 Å². The van der Waals surface area contributed by atoms with Crippen LogP contribution in [-0.2, 0) is 9.59 Å². The molecule has 0 bridgehead atoms. The van der Waals surface area contributed by atoms with E-state index < -0.39 is 54.4 Å². The van der Waals surface area contributed by atoms with E-state index in [0.717, 1.165) is 4.90 Å². The summed E-state index contributed by atoms with van der Waals surface area (Å²) in [5.41, 5.74) is 5.07. The van der Waals surface area contributed by atoms with Crippen LogP contribution in [0.4, 0.5) is 13.2 Å². The van der Waals surface area contributed by atoms with E-state index in [1.165, 1.54) is 0 Å². The molecule has 1 amide bonds. The van der Waals surface area contributed by atoms with Crippen LogP contribution in [0.2, 0.25) is 0 Å². The average molecular weight is 296 g/mol. The highest BCUT2D eigenvalue weighted by atomic mass is 19.4. The first kappa shape index (κ1) is 16.7. The lowest BCUT2D eigenvalue weighted by Crippen LogP contribution is -2.53. The predicted molar refractivity (Wildman–Crippen MR) is 64.7 cm³/mol. The minimum Gasteiger partial charge on any atom is -0.480 e. The average Bonchev–Trinajstić information content (AvgIpc) is 2.70. The van der Waals surface area contributed by atoms with Crippen molar-refractivity contribution in [3.63, 3.8) is 0 Å². The summed E-state index contributed by atoms with van der Waals surface area (Å²) < 4.78 is 38.1. The van der Waals surface area contributed by atoms with Crippen LogP contribution in [0.3, 0.4) is 0 Å². The molecule has 1 saturated heterocycles. The number of nitrogens with two attached hydrogens (primary N) is 1. The smallest absolute Gasteiger partial charge is 0.393 e. The highest BCUT2D eigenvalue weighted by molar-refractivity contribution is 5.88. The summed E-state index contributed by atoms with van der Waals surface area (Å²) in [6.07, 6.45) is -5.14. The number of aliphatic carboxylic acids is 1. The number of nitrogens with zero attached hydrogens (tertiary/aromatic N) is 1. The van der Waals surface area contributed by atoms with Gasteiger partial charge in [0.2, 0.25) is 5.91 Å². The largest absolute Gasteiger partial charge is 0.480 e. The maximum atomic E-state index is 12.7. The number of carbonyl (C=O) groups excluding carboxylic acids is 1. The van der Waals surface area contributed by atoms with Gasteiger partial charge in [-0.1, -0.05) is 20.8 Å². The molecule has 8 heteroatoms. The Bertz CT molecular complexity index is 404. The topological polar surface area (TPSA) is 83.6 Å². The van der Waals surface area contributed by atoms with E-state index in [1.807, 2.05) is 0 Å². The second-order valence-electron chi connectivity index (χ2n) is 6.16. The van der Waals surface area contributed by atoms with E-state index in [9.17, 15) is 22.8 Å². The summed E-state index contributed by atoms with van der Waals surface area (Å²) in [6.45, 7) is 4.36. The number of halogens is 3. The van der Waals surface area contributed by atoms with Gasteiger partial charge < -0.3 is 15.7 Å². The zero-order valence-electron chi connectivity index (χ0n) is 11.6. The van der Waals surface area contributed by atoms with Gasteiger partial charge in [0, 0.05) is 6.54 Å². The Morgan fingerprint density at radius 2 is 1.80 bits per heavy atom.